The summed E-state index contributed by atoms with van der Waals surface area (Å²) in [5.74, 6) is 3.05. The third-order valence-electron chi connectivity index (χ3n) is 4.35. The zero-order valence-corrected chi connectivity index (χ0v) is 13.5. The minimum absolute atomic E-state index is 0.291. The van der Waals surface area contributed by atoms with Gasteiger partial charge in [0.1, 0.15) is 17.4 Å². The van der Waals surface area contributed by atoms with Gasteiger partial charge >= 0.3 is 0 Å². The first-order valence-electron chi connectivity index (χ1n) is 7.96. The molecule has 0 radical (unpaired) electrons. The first-order valence-corrected chi connectivity index (χ1v) is 7.96. The molecule has 0 bridgehead atoms. The molecule has 0 saturated carbocycles. The second-order valence-corrected chi connectivity index (χ2v) is 6.04. The molecule has 1 aliphatic rings. The van der Waals surface area contributed by atoms with E-state index in [0.717, 1.165) is 36.8 Å². The summed E-state index contributed by atoms with van der Waals surface area (Å²) in [6.07, 6.45) is 3.23. The second kappa shape index (κ2) is 6.48. The fourth-order valence-electron chi connectivity index (χ4n) is 3.28. The molecule has 2 atom stereocenters. The Morgan fingerprint density at radius 3 is 3.00 bits per heavy atom. The van der Waals surface area contributed by atoms with Crippen molar-refractivity contribution in [3.8, 4) is 5.75 Å². The topological polar surface area (TPSA) is 52.0 Å². The molecule has 1 N–H and O–H groups in total. The van der Waals surface area contributed by atoms with Crippen molar-refractivity contribution >= 4 is 0 Å². The Kier molecular flexibility index (Phi) is 4.43. The molecule has 2 aromatic rings. The van der Waals surface area contributed by atoms with Crippen LogP contribution in [0.5, 0.6) is 5.75 Å². The van der Waals surface area contributed by atoms with Gasteiger partial charge in [0.2, 0.25) is 0 Å². The number of fused-ring (bicyclic) bond motifs is 1. The zero-order valence-electron chi connectivity index (χ0n) is 13.5. The molecule has 0 aliphatic carbocycles. The van der Waals surface area contributed by atoms with E-state index in [1.165, 1.54) is 12.0 Å². The average molecular weight is 300 g/mol. The van der Waals surface area contributed by atoms with Gasteiger partial charge in [0.05, 0.1) is 13.2 Å². The van der Waals surface area contributed by atoms with Gasteiger partial charge in [-0.1, -0.05) is 18.2 Å². The summed E-state index contributed by atoms with van der Waals surface area (Å²) in [4.78, 5) is 0. The molecule has 22 heavy (non-hydrogen) atoms. The van der Waals surface area contributed by atoms with Crippen LogP contribution in [0, 0.1) is 6.92 Å². The van der Waals surface area contributed by atoms with E-state index in [2.05, 4.69) is 39.1 Å². The van der Waals surface area contributed by atoms with Gasteiger partial charge in [0, 0.05) is 12.6 Å². The van der Waals surface area contributed by atoms with Crippen LogP contribution < -0.4 is 10.1 Å². The van der Waals surface area contributed by atoms with Gasteiger partial charge in [0.15, 0.2) is 0 Å². The third kappa shape index (κ3) is 2.99. The number of hydrogen-bond acceptors (Lipinski definition) is 4. The number of nitrogens with one attached hydrogen (secondary N) is 1. The van der Waals surface area contributed by atoms with Gasteiger partial charge < -0.3 is 14.6 Å². The monoisotopic (exact) mass is 300 g/mol. The van der Waals surface area contributed by atoms with Crippen LogP contribution in [0.1, 0.15) is 43.0 Å². The molecular weight excluding hydrogens is 276 g/mol. The van der Waals surface area contributed by atoms with Crippen molar-refractivity contribution in [3.63, 3.8) is 0 Å². The van der Waals surface area contributed by atoms with E-state index in [-0.39, 0.29) is 0 Å². The largest absolute Gasteiger partial charge is 0.496 e. The summed E-state index contributed by atoms with van der Waals surface area (Å²) < 4.78 is 7.67. The van der Waals surface area contributed by atoms with Crippen LogP contribution >= 0.6 is 0 Å². The van der Waals surface area contributed by atoms with Crippen LogP contribution in [-0.2, 0) is 13.0 Å². The summed E-state index contributed by atoms with van der Waals surface area (Å²) in [5.41, 5.74) is 1.23. The van der Waals surface area contributed by atoms with E-state index in [4.69, 9.17) is 4.74 Å². The van der Waals surface area contributed by atoms with Gasteiger partial charge in [-0.15, -0.1) is 10.2 Å². The summed E-state index contributed by atoms with van der Waals surface area (Å²) in [6, 6.07) is 8.86. The van der Waals surface area contributed by atoms with Crippen LogP contribution in [0.15, 0.2) is 24.3 Å². The highest BCUT2D eigenvalue weighted by atomic mass is 16.5. The lowest BCUT2D eigenvalue weighted by molar-refractivity contribution is 0.348. The smallest absolute Gasteiger partial charge is 0.150 e. The van der Waals surface area contributed by atoms with E-state index in [0.29, 0.717) is 12.1 Å². The minimum atomic E-state index is 0.291. The molecule has 118 valence electrons. The van der Waals surface area contributed by atoms with E-state index >= 15 is 0 Å². The number of nitrogens with zero attached hydrogens (tertiary/aromatic N) is 3. The van der Waals surface area contributed by atoms with Crippen molar-refractivity contribution in [1.29, 1.82) is 0 Å². The maximum absolute atomic E-state index is 5.44. The Balaban J connectivity index is 1.69. The van der Waals surface area contributed by atoms with E-state index in [1.807, 2.05) is 19.1 Å². The quantitative estimate of drug-likeness (QED) is 0.922. The lowest BCUT2D eigenvalue weighted by atomic mass is 10.0. The fourth-order valence-corrected chi connectivity index (χ4v) is 3.28. The van der Waals surface area contributed by atoms with Crippen molar-refractivity contribution in [3.05, 3.63) is 41.5 Å². The maximum atomic E-state index is 5.44. The van der Waals surface area contributed by atoms with E-state index in [9.17, 15) is 0 Å². The Morgan fingerprint density at radius 1 is 1.36 bits per heavy atom. The molecule has 5 heteroatoms. The highest BCUT2D eigenvalue weighted by Gasteiger charge is 2.25. The summed E-state index contributed by atoms with van der Waals surface area (Å²) >= 11 is 0. The Bertz CT molecular complexity index is 637. The number of benzene rings is 1. The molecule has 2 heterocycles. The van der Waals surface area contributed by atoms with Crippen molar-refractivity contribution in [2.24, 2.45) is 0 Å². The van der Waals surface area contributed by atoms with Crippen molar-refractivity contribution in [2.45, 2.75) is 51.7 Å². The number of rotatable bonds is 5. The van der Waals surface area contributed by atoms with Crippen LogP contribution in [0.25, 0.3) is 0 Å². The highest BCUT2D eigenvalue weighted by molar-refractivity contribution is 5.33. The predicted molar refractivity (Wildman–Crippen MR) is 86.0 cm³/mol. The van der Waals surface area contributed by atoms with Crippen LogP contribution in [-0.4, -0.2) is 27.9 Å². The average Bonchev–Trinajstić information content (AvgIpc) is 2.90. The van der Waals surface area contributed by atoms with Gasteiger partial charge in [-0.2, -0.15) is 0 Å². The summed E-state index contributed by atoms with van der Waals surface area (Å²) in [7, 11) is 1.73. The summed E-state index contributed by atoms with van der Waals surface area (Å²) in [6.45, 7) is 5.28. The van der Waals surface area contributed by atoms with Gasteiger partial charge in [0.25, 0.3) is 0 Å². The van der Waals surface area contributed by atoms with Gasteiger partial charge in [-0.3, -0.25) is 0 Å². The maximum Gasteiger partial charge on any atom is 0.150 e. The Labute approximate surface area is 131 Å². The highest BCUT2D eigenvalue weighted by Crippen LogP contribution is 2.25. The summed E-state index contributed by atoms with van der Waals surface area (Å²) in [5, 5.41) is 12.3. The molecule has 1 aromatic carbocycles. The Morgan fingerprint density at radius 2 is 2.18 bits per heavy atom. The number of aryl methyl sites for hydroxylation is 1. The van der Waals surface area contributed by atoms with Crippen molar-refractivity contribution in [2.75, 3.05) is 7.11 Å². The standard InChI is InChI=1S/C17H24N4O/c1-12(11-14-7-4-5-9-16(14)22-3)18-15-8-6-10-21-13(2)19-20-17(15)21/h4-5,7,9,12,15,18H,6,8,10-11H2,1-3H3/t12-,15-/m1/s1. The number of methoxy groups -OCH3 is 1. The van der Waals surface area contributed by atoms with Gasteiger partial charge in [-0.25, -0.2) is 0 Å². The number of aromatic nitrogens is 3. The number of ether oxygens (including phenoxy) is 1. The normalized spacial score (nSPS) is 18.8. The molecule has 0 unspecified atom stereocenters. The molecule has 1 aliphatic heterocycles. The molecule has 0 amide bonds. The Hall–Kier alpha value is -1.88. The minimum Gasteiger partial charge on any atom is -0.496 e. The van der Waals surface area contributed by atoms with E-state index in [1.54, 1.807) is 7.11 Å². The lowest BCUT2D eigenvalue weighted by Crippen LogP contribution is -2.36. The van der Waals surface area contributed by atoms with Crippen molar-refractivity contribution < 1.29 is 4.74 Å². The van der Waals surface area contributed by atoms with Crippen LogP contribution in [0.3, 0.4) is 0 Å². The molecule has 0 saturated heterocycles. The number of para-hydroxylation sites is 1. The van der Waals surface area contributed by atoms with Gasteiger partial charge in [-0.05, 0) is 44.7 Å². The second-order valence-electron chi connectivity index (χ2n) is 6.04. The fraction of sp³-hybridized carbons (Fsp3) is 0.529. The molecule has 0 spiro atoms. The third-order valence-corrected chi connectivity index (χ3v) is 4.35. The molecular formula is C17H24N4O. The van der Waals surface area contributed by atoms with Crippen molar-refractivity contribution in [1.82, 2.24) is 20.1 Å². The molecule has 3 rings (SSSR count). The molecule has 5 nitrogen and oxygen atoms in total. The first-order chi connectivity index (χ1) is 10.7. The first kappa shape index (κ1) is 15.0. The van der Waals surface area contributed by atoms with Crippen LogP contribution in [0.2, 0.25) is 0 Å². The number of hydrogen-bond donors (Lipinski definition) is 1. The van der Waals surface area contributed by atoms with Crippen LogP contribution in [0.4, 0.5) is 0 Å². The van der Waals surface area contributed by atoms with E-state index < -0.39 is 0 Å². The lowest BCUT2D eigenvalue weighted by Gasteiger charge is -2.27. The molecule has 0 fully saturated rings. The zero-order chi connectivity index (χ0) is 15.5. The SMILES string of the molecule is COc1ccccc1C[C@@H](C)N[C@@H]1CCCn2c(C)nnc21. The molecule has 1 aromatic heterocycles. The predicted octanol–water partition coefficient (Wildman–Crippen LogP) is 2.65.